The summed E-state index contributed by atoms with van der Waals surface area (Å²) < 4.78 is 26.5. The zero-order chi connectivity index (χ0) is 14.8. The molecule has 1 aliphatic heterocycles. The van der Waals surface area contributed by atoms with Gasteiger partial charge in [-0.3, -0.25) is 0 Å². The molecule has 0 bridgehead atoms. The van der Waals surface area contributed by atoms with Crippen LogP contribution in [0.25, 0.3) is 0 Å². The van der Waals surface area contributed by atoms with Crippen molar-refractivity contribution in [2.45, 2.75) is 31.6 Å². The van der Waals surface area contributed by atoms with E-state index in [0.29, 0.717) is 11.4 Å². The molecule has 0 saturated carbocycles. The Morgan fingerprint density at radius 3 is 2.40 bits per heavy atom. The summed E-state index contributed by atoms with van der Waals surface area (Å²) in [5, 5.41) is 0. The summed E-state index contributed by atoms with van der Waals surface area (Å²) in [5.41, 5.74) is 2.13. The molecule has 0 aliphatic carbocycles. The summed E-state index contributed by atoms with van der Waals surface area (Å²) in [6.07, 6.45) is 2.46. The lowest BCUT2D eigenvalue weighted by Crippen LogP contribution is -2.35. The molecule has 5 heteroatoms. The number of hydrogen-bond donors (Lipinski definition) is 0. The van der Waals surface area contributed by atoms with Crippen molar-refractivity contribution in [1.82, 2.24) is 9.21 Å². The molecule has 0 aromatic heterocycles. The Labute approximate surface area is 122 Å². The van der Waals surface area contributed by atoms with E-state index in [2.05, 4.69) is 4.90 Å². The summed E-state index contributed by atoms with van der Waals surface area (Å²) in [5.74, 6) is 0. The molecule has 1 aliphatic rings. The molecular formula is C15H24N2O2S. The van der Waals surface area contributed by atoms with Gasteiger partial charge < -0.3 is 4.90 Å². The Kier molecular flexibility index (Phi) is 4.83. The second-order valence-corrected chi connectivity index (χ2v) is 7.67. The summed E-state index contributed by atoms with van der Waals surface area (Å²) in [6, 6.07) is 5.33. The minimum Gasteiger partial charge on any atom is -0.302 e. The maximum Gasteiger partial charge on any atom is 0.242 e. The van der Waals surface area contributed by atoms with Crippen LogP contribution in [0.1, 0.15) is 24.0 Å². The van der Waals surface area contributed by atoms with Gasteiger partial charge in [-0.2, -0.15) is 4.31 Å². The van der Waals surface area contributed by atoms with Gasteiger partial charge in [-0.05, 0) is 63.0 Å². The second-order valence-electron chi connectivity index (χ2n) is 5.62. The zero-order valence-corrected chi connectivity index (χ0v) is 13.4. The van der Waals surface area contributed by atoms with Crippen LogP contribution in [0.4, 0.5) is 0 Å². The van der Waals surface area contributed by atoms with Crippen LogP contribution in [-0.4, -0.2) is 50.8 Å². The van der Waals surface area contributed by atoms with Crippen LogP contribution in [0, 0.1) is 13.8 Å². The first-order valence-corrected chi connectivity index (χ1v) is 8.61. The molecular weight excluding hydrogens is 272 g/mol. The molecule has 1 fully saturated rings. The average Bonchev–Trinajstić information content (AvgIpc) is 2.92. The van der Waals surface area contributed by atoms with Crippen molar-refractivity contribution in [1.29, 1.82) is 0 Å². The van der Waals surface area contributed by atoms with E-state index in [1.165, 1.54) is 17.1 Å². The molecule has 20 heavy (non-hydrogen) atoms. The SMILES string of the molecule is Cc1ccc(S(=O)(=O)N(C)CCN2CCCC2)cc1C. The van der Waals surface area contributed by atoms with E-state index in [0.717, 1.165) is 30.8 Å². The molecule has 0 N–H and O–H groups in total. The van der Waals surface area contributed by atoms with Gasteiger partial charge in [-0.1, -0.05) is 6.07 Å². The fourth-order valence-electron chi connectivity index (χ4n) is 2.46. The first-order valence-electron chi connectivity index (χ1n) is 7.17. The molecule has 0 unspecified atom stereocenters. The Balaban J connectivity index is 2.06. The number of rotatable bonds is 5. The van der Waals surface area contributed by atoms with E-state index >= 15 is 0 Å². The largest absolute Gasteiger partial charge is 0.302 e. The Hall–Kier alpha value is -0.910. The maximum atomic E-state index is 12.5. The minimum absolute atomic E-state index is 0.393. The van der Waals surface area contributed by atoms with Gasteiger partial charge in [0.1, 0.15) is 0 Å². The van der Waals surface area contributed by atoms with Crippen molar-refractivity contribution >= 4 is 10.0 Å². The highest BCUT2D eigenvalue weighted by Gasteiger charge is 2.22. The smallest absolute Gasteiger partial charge is 0.242 e. The molecule has 0 radical (unpaired) electrons. The number of likely N-dealkylation sites (tertiary alicyclic amines) is 1. The quantitative estimate of drug-likeness (QED) is 0.834. The Morgan fingerprint density at radius 1 is 1.15 bits per heavy atom. The Morgan fingerprint density at radius 2 is 1.80 bits per heavy atom. The topological polar surface area (TPSA) is 40.6 Å². The molecule has 0 amide bonds. The lowest BCUT2D eigenvalue weighted by molar-refractivity contribution is 0.310. The predicted octanol–water partition coefficient (Wildman–Crippen LogP) is 2.02. The molecule has 1 aromatic carbocycles. The maximum absolute atomic E-state index is 12.5. The predicted molar refractivity (Wildman–Crippen MR) is 81.4 cm³/mol. The number of aryl methyl sites for hydroxylation is 2. The standard InChI is InChI=1S/C15H24N2O2S/c1-13-6-7-15(12-14(13)2)20(18,19)16(3)10-11-17-8-4-5-9-17/h6-7,12H,4-5,8-11H2,1-3H3. The van der Waals surface area contributed by atoms with E-state index in [-0.39, 0.29) is 0 Å². The number of hydrogen-bond acceptors (Lipinski definition) is 3. The van der Waals surface area contributed by atoms with E-state index in [1.54, 1.807) is 19.2 Å². The van der Waals surface area contributed by atoms with Gasteiger partial charge in [0, 0.05) is 20.1 Å². The lowest BCUT2D eigenvalue weighted by atomic mass is 10.1. The van der Waals surface area contributed by atoms with Crippen molar-refractivity contribution in [2.75, 3.05) is 33.2 Å². The fourth-order valence-corrected chi connectivity index (χ4v) is 3.71. The van der Waals surface area contributed by atoms with Crippen LogP contribution < -0.4 is 0 Å². The molecule has 1 aromatic rings. The highest BCUT2D eigenvalue weighted by atomic mass is 32.2. The zero-order valence-electron chi connectivity index (χ0n) is 12.6. The van der Waals surface area contributed by atoms with E-state index in [9.17, 15) is 8.42 Å². The molecule has 0 atom stereocenters. The third-order valence-corrected chi connectivity index (χ3v) is 5.97. The van der Waals surface area contributed by atoms with Crippen molar-refractivity contribution in [3.05, 3.63) is 29.3 Å². The van der Waals surface area contributed by atoms with Gasteiger partial charge in [0.25, 0.3) is 0 Å². The molecule has 2 rings (SSSR count). The summed E-state index contributed by atoms with van der Waals surface area (Å²) in [4.78, 5) is 2.72. The van der Waals surface area contributed by atoms with Crippen LogP contribution in [0.5, 0.6) is 0 Å². The average molecular weight is 296 g/mol. The highest BCUT2D eigenvalue weighted by molar-refractivity contribution is 7.89. The number of likely N-dealkylation sites (N-methyl/N-ethyl adjacent to an activating group) is 1. The van der Waals surface area contributed by atoms with Crippen LogP contribution in [-0.2, 0) is 10.0 Å². The van der Waals surface area contributed by atoms with Crippen molar-refractivity contribution in [3.63, 3.8) is 0 Å². The van der Waals surface area contributed by atoms with Crippen LogP contribution >= 0.6 is 0 Å². The first kappa shape index (κ1) is 15.5. The minimum atomic E-state index is -3.36. The van der Waals surface area contributed by atoms with Crippen molar-refractivity contribution < 1.29 is 8.42 Å². The number of benzene rings is 1. The van der Waals surface area contributed by atoms with Crippen molar-refractivity contribution in [2.24, 2.45) is 0 Å². The summed E-state index contributed by atoms with van der Waals surface area (Å²) in [7, 11) is -1.70. The normalized spacial score (nSPS) is 17.0. The van der Waals surface area contributed by atoms with E-state index in [4.69, 9.17) is 0 Å². The van der Waals surface area contributed by atoms with Crippen LogP contribution in [0.15, 0.2) is 23.1 Å². The van der Waals surface area contributed by atoms with Crippen LogP contribution in [0.3, 0.4) is 0 Å². The molecule has 1 saturated heterocycles. The second kappa shape index (κ2) is 6.24. The van der Waals surface area contributed by atoms with Gasteiger partial charge in [0.15, 0.2) is 0 Å². The van der Waals surface area contributed by atoms with E-state index in [1.807, 2.05) is 19.9 Å². The summed E-state index contributed by atoms with van der Waals surface area (Å²) in [6.45, 7) is 7.49. The van der Waals surface area contributed by atoms with Crippen LogP contribution in [0.2, 0.25) is 0 Å². The van der Waals surface area contributed by atoms with Gasteiger partial charge in [0.05, 0.1) is 4.90 Å². The lowest BCUT2D eigenvalue weighted by Gasteiger charge is -2.21. The number of nitrogens with zero attached hydrogens (tertiary/aromatic N) is 2. The van der Waals surface area contributed by atoms with Gasteiger partial charge in [-0.15, -0.1) is 0 Å². The third-order valence-electron chi connectivity index (χ3n) is 4.12. The molecule has 0 spiro atoms. The summed E-state index contributed by atoms with van der Waals surface area (Å²) >= 11 is 0. The van der Waals surface area contributed by atoms with Gasteiger partial charge in [-0.25, -0.2) is 8.42 Å². The monoisotopic (exact) mass is 296 g/mol. The third kappa shape index (κ3) is 3.40. The molecule has 4 nitrogen and oxygen atoms in total. The highest BCUT2D eigenvalue weighted by Crippen LogP contribution is 2.18. The molecule has 112 valence electrons. The fraction of sp³-hybridized carbons (Fsp3) is 0.600. The number of sulfonamides is 1. The van der Waals surface area contributed by atoms with Crippen molar-refractivity contribution in [3.8, 4) is 0 Å². The Bertz CT molecular complexity index is 563. The van der Waals surface area contributed by atoms with E-state index < -0.39 is 10.0 Å². The molecule has 1 heterocycles. The van der Waals surface area contributed by atoms with Gasteiger partial charge >= 0.3 is 0 Å². The first-order chi connectivity index (χ1) is 9.41. The van der Waals surface area contributed by atoms with Gasteiger partial charge in [0.2, 0.25) is 10.0 Å².